The lowest BCUT2D eigenvalue weighted by molar-refractivity contribution is 0.0783. The van der Waals surface area contributed by atoms with Crippen LogP contribution in [0.2, 0.25) is 0 Å². The number of aromatic nitrogens is 1. The summed E-state index contributed by atoms with van der Waals surface area (Å²) in [6.07, 6.45) is 4.30. The summed E-state index contributed by atoms with van der Waals surface area (Å²) >= 11 is 1.74. The summed E-state index contributed by atoms with van der Waals surface area (Å²) in [5.74, 6) is 1.25. The molecule has 1 amide bonds. The molecule has 2 aliphatic rings. The van der Waals surface area contributed by atoms with Gasteiger partial charge in [-0.2, -0.15) is 11.3 Å². The van der Waals surface area contributed by atoms with E-state index in [0.717, 1.165) is 62.0 Å². The van der Waals surface area contributed by atoms with Gasteiger partial charge in [-0.25, -0.2) is 4.39 Å². The Kier molecular flexibility index (Phi) is 6.63. The zero-order valence-corrected chi connectivity index (χ0v) is 22.4. The molecule has 0 radical (unpaired) electrons. The summed E-state index contributed by atoms with van der Waals surface area (Å²) in [7, 11) is 2.03. The Morgan fingerprint density at radius 2 is 1.81 bits per heavy atom. The molecule has 4 nitrogen and oxygen atoms in total. The third kappa shape index (κ3) is 4.73. The molecule has 4 heterocycles. The molecule has 2 unspecified atom stereocenters. The van der Waals surface area contributed by atoms with Crippen LogP contribution < -0.4 is 0 Å². The molecular weight excluding hydrogens is 481 g/mol. The van der Waals surface area contributed by atoms with Crippen molar-refractivity contribution in [1.82, 2.24) is 14.4 Å². The summed E-state index contributed by atoms with van der Waals surface area (Å²) in [5, 5.41) is 5.56. The lowest BCUT2D eigenvalue weighted by Gasteiger charge is -2.34. The van der Waals surface area contributed by atoms with Crippen LogP contribution in [0.25, 0.3) is 10.9 Å². The van der Waals surface area contributed by atoms with E-state index in [-0.39, 0.29) is 11.7 Å². The number of benzene rings is 2. The van der Waals surface area contributed by atoms with Crippen LogP contribution in [0.4, 0.5) is 4.39 Å². The van der Waals surface area contributed by atoms with Crippen LogP contribution in [0.3, 0.4) is 0 Å². The number of likely N-dealkylation sites (tertiary alicyclic amines) is 2. The number of thiophene rings is 1. The number of aryl methyl sites for hydroxylation is 2. The lowest BCUT2D eigenvalue weighted by atomic mass is 9.87. The summed E-state index contributed by atoms with van der Waals surface area (Å²) in [4.78, 5) is 18.5. The number of piperidine rings is 1. The van der Waals surface area contributed by atoms with Crippen molar-refractivity contribution in [2.75, 3.05) is 32.7 Å². The van der Waals surface area contributed by atoms with Gasteiger partial charge in [0.05, 0.1) is 11.1 Å². The van der Waals surface area contributed by atoms with Crippen LogP contribution in [-0.2, 0) is 7.05 Å². The molecule has 2 aromatic carbocycles. The topological polar surface area (TPSA) is 28.5 Å². The largest absolute Gasteiger partial charge is 0.350 e. The molecule has 0 aliphatic carbocycles. The van der Waals surface area contributed by atoms with E-state index in [1.807, 2.05) is 31.3 Å². The van der Waals surface area contributed by atoms with E-state index in [0.29, 0.717) is 17.8 Å². The van der Waals surface area contributed by atoms with Crippen LogP contribution in [0.5, 0.6) is 0 Å². The van der Waals surface area contributed by atoms with E-state index < -0.39 is 0 Å². The van der Waals surface area contributed by atoms with Crippen molar-refractivity contribution in [3.63, 3.8) is 0 Å². The quantitative estimate of drug-likeness (QED) is 0.307. The number of carbonyl (C=O) groups excluding carboxylic acids is 1. The Morgan fingerprint density at radius 1 is 1.03 bits per heavy atom. The lowest BCUT2D eigenvalue weighted by Crippen LogP contribution is -2.38. The van der Waals surface area contributed by atoms with Gasteiger partial charge in [-0.15, -0.1) is 0 Å². The highest BCUT2D eigenvalue weighted by Crippen LogP contribution is 2.37. The highest BCUT2D eigenvalue weighted by atomic mass is 32.1. The first-order valence-corrected chi connectivity index (χ1v) is 14.3. The molecule has 4 aromatic rings. The Labute approximate surface area is 222 Å². The summed E-state index contributed by atoms with van der Waals surface area (Å²) < 4.78 is 15.4. The van der Waals surface area contributed by atoms with Crippen LogP contribution in [-0.4, -0.2) is 53.0 Å². The van der Waals surface area contributed by atoms with Gasteiger partial charge in [0.25, 0.3) is 5.91 Å². The van der Waals surface area contributed by atoms with Crippen LogP contribution in [0.15, 0.2) is 65.5 Å². The van der Waals surface area contributed by atoms with Gasteiger partial charge in [0.15, 0.2) is 0 Å². The molecule has 0 saturated carbocycles. The van der Waals surface area contributed by atoms with E-state index in [1.54, 1.807) is 23.5 Å². The van der Waals surface area contributed by atoms with Crippen molar-refractivity contribution in [2.24, 2.45) is 13.0 Å². The van der Waals surface area contributed by atoms with Crippen molar-refractivity contribution < 1.29 is 9.18 Å². The number of nitrogens with zero attached hydrogens (tertiary/aromatic N) is 3. The van der Waals surface area contributed by atoms with Crippen molar-refractivity contribution >= 4 is 28.1 Å². The molecule has 2 fully saturated rings. The number of amides is 1. The number of halogens is 1. The number of fused-ring (bicyclic) bond motifs is 1. The fraction of sp³-hybridized carbons (Fsp3) is 0.387. The van der Waals surface area contributed by atoms with Crippen LogP contribution in [0.1, 0.15) is 51.7 Å². The highest BCUT2D eigenvalue weighted by molar-refractivity contribution is 7.08. The van der Waals surface area contributed by atoms with Crippen molar-refractivity contribution in [2.45, 2.75) is 31.6 Å². The molecule has 6 heteroatoms. The zero-order valence-electron chi connectivity index (χ0n) is 21.6. The number of rotatable bonds is 5. The van der Waals surface area contributed by atoms with E-state index >= 15 is 0 Å². The molecular formula is C31H34FN3OS. The van der Waals surface area contributed by atoms with E-state index in [4.69, 9.17) is 0 Å². The molecule has 2 atom stereocenters. The monoisotopic (exact) mass is 515 g/mol. The van der Waals surface area contributed by atoms with Crippen molar-refractivity contribution in [3.05, 3.63) is 93.6 Å². The molecule has 37 heavy (non-hydrogen) atoms. The second-order valence-electron chi connectivity index (χ2n) is 10.9. The third-order valence-corrected chi connectivity index (χ3v) is 9.25. The first-order chi connectivity index (χ1) is 18.0. The molecule has 0 N–H and O–H groups in total. The van der Waals surface area contributed by atoms with Crippen molar-refractivity contribution in [1.29, 1.82) is 0 Å². The Morgan fingerprint density at radius 3 is 2.54 bits per heavy atom. The van der Waals surface area contributed by atoms with Crippen molar-refractivity contribution in [3.8, 4) is 0 Å². The molecule has 192 valence electrons. The molecule has 6 rings (SSSR count). The van der Waals surface area contributed by atoms with Gasteiger partial charge < -0.3 is 14.4 Å². The van der Waals surface area contributed by atoms with E-state index in [9.17, 15) is 9.18 Å². The standard InChI is InChI=1S/C31H34FN3OS/c1-21-16-33(2)30-27(21)4-3-5-28(30)31(36)35-18-25(29(19-35)24-12-15-37-20-24)17-34-13-10-23(11-14-34)22-6-8-26(32)9-7-22/h3-9,12,15-16,20,23,25,29H,10-11,13-14,17-19H2,1-2H3. The number of para-hydroxylation sites is 1. The predicted molar refractivity (Wildman–Crippen MR) is 149 cm³/mol. The Bertz CT molecular complexity index is 1390. The molecule has 0 bridgehead atoms. The molecule has 2 aromatic heterocycles. The SMILES string of the molecule is Cc1cn(C)c2c(C(=O)N3CC(CN4CCC(c5ccc(F)cc5)CC4)C(c4ccsc4)C3)cccc12. The van der Waals surface area contributed by atoms with E-state index in [2.05, 4.69) is 50.4 Å². The van der Waals surface area contributed by atoms with Gasteiger partial charge in [-0.05, 0) is 96.4 Å². The second-order valence-corrected chi connectivity index (χ2v) is 11.7. The first-order valence-electron chi connectivity index (χ1n) is 13.3. The predicted octanol–water partition coefficient (Wildman–Crippen LogP) is 6.42. The van der Waals surface area contributed by atoms with Gasteiger partial charge in [0.2, 0.25) is 0 Å². The van der Waals surface area contributed by atoms with Gasteiger partial charge in [0.1, 0.15) is 5.82 Å². The van der Waals surface area contributed by atoms with Gasteiger partial charge in [0, 0.05) is 44.2 Å². The van der Waals surface area contributed by atoms with Crippen LogP contribution >= 0.6 is 11.3 Å². The average molecular weight is 516 g/mol. The Balaban J connectivity index is 1.18. The molecule has 0 spiro atoms. The summed E-state index contributed by atoms with van der Waals surface area (Å²) in [5.41, 5.74) is 5.65. The number of carbonyl (C=O) groups is 1. The van der Waals surface area contributed by atoms with Gasteiger partial charge >= 0.3 is 0 Å². The number of hydrogen-bond donors (Lipinski definition) is 0. The zero-order chi connectivity index (χ0) is 25.5. The maximum absolute atomic E-state index is 13.9. The normalized spacial score (nSPS) is 21.2. The minimum absolute atomic E-state index is 0.143. The second kappa shape index (κ2) is 10.1. The molecule has 2 saturated heterocycles. The summed E-state index contributed by atoms with van der Waals surface area (Å²) in [6, 6.07) is 15.4. The average Bonchev–Trinajstić information content (AvgIpc) is 3.65. The Hall–Kier alpha value is -2.96. The van der Waals surface area contributed by atoms with E-state index in [1.165, 1.54) is 16.7 Å². The minimum Gasteiger partial charge on any atom is -0.350 e. The first kappa shape index (κ1) is 24.4. The maximum Gasteiger partial charge on any atom is 0.256 e. The fourth-order valence-corrected chi connectivity index (χ4v) is 7.34. The summed E-state index contributed by atoms with van der Waals surface area (Å²) in [6.45, 7) is 6.76. The fourth-order valence-electron chi connectivity index (χ4n) is 6.61. The van der Waals surface area contributed by atoms with Gasteiger partial charge in [-0.3, -0.25) is 4.79 Å². The smallest absolute Gasteiger partial charge is 0.256 e. The van der Waals surface area contributed by atoms with Gasteiger partial charge in [-0.1, -0.05) is 24.3 Å². The maximum atomic E-state index is 13.9. The third-order valence-electron chi connectivity index (χ3n) is 8.55. The molecule has 2 aliphatic heterocycles. The minimum atomic E-state index is -0.167. The highest BCUT2D eigenvalue weighted by Gasteiger charge is 2.38. The van der Waals surface area contributed by atoms with Crippen LogP contribution in [0, 0.1) is 18.7 Å². The number of hydrogen-bond acceptors (Lipinski definition) is 3.